The van der Waals surface area contributed by atoms with Crippen molar-refractivity contribution in [1.82, 2.24) is 0 Å². The molecule has 284 valence electrons. The minimum Gasteiger partial charge on any atom is -0.376 e. The van der Waals surface area contributed by atoms with E-state index in [4.69, 9.17) is 0 Å². The first-order valence-corrected chi connectivity index (χ1v) is 20.8. The van der Waals surface area contributed by atoms with Gasteiger partial charge >= 0.3 is 0 Å². The van der Waals surface area contributed by atoms with Crippen LogP contribution in [0.1, 0.15) is 61.1 Å². The molecule has 0 spiro atoms. The van der Waals surface area contributed by atoms with Crippen molar-refractivity contribution in [3.05, 3.63) is 73.5 Å². The second-order valence-corrected chi connectivity index (χ2v) is 20.4. The fourth-order valence-corrected chi connectivity index (χ4v) is 16.7. The zero-order chi connectivity index (χ0) is 39.6. The maximum Gasteiger partial charge on any atom is 0.184 e. The summed E-state index contributed by atoms with van der Waals surface area (Å²) in [6.45, 7) is 24.0. The first kappa shape index (κ1) is 40.9. The summed E-state index contributed by atoms with van der Waals surface area (Å²) in [6, 6.07) is 7.26. The molecule has 0 heterocycles. The number of nitrogens with zero attached hydrogens (tertiary/aromatic N) is 6. The molecule has 3 aromatic rings. The quantitative estimate of drug-likeness (QED) is 0.161. The Bertz CT molecular complexity index is 1780. The zero-order valence-corrected chi connectivity index (χ0v) is 38.0. The van der Waals surface area contributed by atoms with E-state index in [0.717, 1.165) is 0 Å². The number of rotatable bonds is 10. The minimum atomic E-state index is -3.35. The lowest BCUT2D eigenvalue weighted by molar-refractivity contribution is 0.851. The maximum atomic E-state index is 2.50. The molecular formula is C45H70N6Si. The van der Waals surface area contributed by atoms with Crippen LogP contribution in [0.5, 0.6) is 0 Å². The van der Waals surface area contributed by atoms with Gasteiger partial charge in [-0.2, -0.15) is 0 Å². The van der Waals surface area contributed by atoms with E-state index >= 15 is 0 Å². The van der Waals surface area contributed by atoms with E-state index in [1.54, 1.807) is 5.20 Å². The van der Waals surface area contributed by atoms with Crippen LogP contribution in [0.2, 0.25) is 0 Å². The van der Waals surface area contributed by atoms with Gasteiger partial charge in [-0.05, 0) is 141 Å². The van der Waals surface area contributed by atoms with Crippen molar-refractivity contribution in [2.24, 2.45) is 5.92 Å². The van der Waals surface area contributed by atoms with Crippen molar-refractivity contribution in [1.29, 1.82) is 0 Å². The second-order valence-electron chi connectivity index (χ2n) is 16.9. The summed E-state index contributed by atoms with van der Waals surface area (Å²) in [7, 11) is 23.5. The topological polar surface area (TPSA) is 19.4 Å². The van der Waals surface area contributed by atoms with Gasteiger partial charge in [0.05, 0.1) is 34.1 Å². The minimum absolute atomic E-state index is 0.264. The molecule has 1 unspecified atom stereocenters. The van der Waals surface area contributed by atoms with Gasteiger partial charge < -0.3 is 29.4 Å². The fourth-order valence-electron chi connectivity index (χ4n) is 9.16. The van der Waals surface area contributed by atoms with Crippen LogP contribution in [-0.2, 0) is 0 Å². The van der Waals surface area contributed by atoms with Gasteiger partial charge in [0, 0.05) is 84.6 Å². The summed E-state index contributed by atoms with van der Waals surface area (Å²) in [5.74, 6) is 0.264. The monoisotopic (exact) mass is 723 g/mol. The van der Waals surface area contributed by atoms with Crippen molar-refractivity contribution >= 4 is 57.8 Å². The molecule has 6 nitrogen and oxygen atoms in total. The Morgan fingerprint density at radius 1 is 0.404 bits per heavy atom. The Labute approximate surface area is 319 Å². The van der Waals surface area contributed by atoms with Crippen LogP contribution >= 0.6 is 0 Å². The molecule has 3 aromatic carbocycles. The maximum absolute atomic E-state index is 3.35. The first-order valence-electron chi connectivity index (χ1n) is 18.8. The van der Waals surface area contributed by atoms with Gasteiger partial charge in [0.15, 0.2) is 8.07 Å². The van der Waals surface area contributed by atoms with E-state index in [9.17, 15) is 0 Å². The van der Waals surface area contributed by atoms with Crippen LogP contribution in [0.4, 0.5) is 34.1 Å². The standard InChI is InChI=1S/C45H70N6Si/c1-26-23-36(46(11)12)39(49(17)18)43(29(26)4)52(42-34(9)32(7)33(8)35(42)10,44-30(5)27(2)24-37(47(13)14)40(44)50(19)20)45-31(6)28(3)25-38(48(15)16)41(45)51(21)22/h23-25,34H,1-22H3. The summed E-state index contributed by atoms with van der Waals surface area (Å²) < 4.78 is 0. The lowest BCUT2D eigenvalue weighted by Crippen LogP contribution is -2.73. The van der Waals surface area contributed by atoms with Crippen molar-refractivity contribution in [3.63, 3.8) is 0 Å². The molecule has 0 saturated carbocycles. The van der Waals surface area contributed by atoms with E-state index in [1.165, 1.54) is 99.8 Å². The van der Waals surface area contributed by atoms with E-state index in [-0.39, 0.29) is 5.92 Å². The Morgan fingerprint density at radius 2 is 0.673 bits per heavy atom. The second kappa shape index (κ2) is 14.5. The first-order chi connectivity index (χ1) is 24.0. The number of benzene rings is 3. The molecule has 0 amide bonds. The summed E-state index contributed by atoms with van der Waals surface area (Å²) in [5.41, 5.74) is 20.3. The third kappa shape index (κ3) is 6.11. The van der Waals surface area contributed by atoms with Crippen molar-refractivity contribution in [2.75, 3.05) is 114 Å². The summed E-state index contributed by atoms with van der Waals surface area (Å²) in [4.78, 5) is 14.3. The Kier molecular flexibility index (Phi) is 11.4. The summed E-state index contributed by atoms with van der Waals surface area (Å²) >= 11 is 0. The number of allylic oxidation sites excluding steroid dienone is 4. The molecule has 0 saturated heterocycles. The predicted octanol–water partition coefficient (Wildman–Crippen LogP) is 7.25. The van der Waals surface area contributed by atoms with Gasteiger partial charge in [-0.25, -0.2) is 0 Å². The molecule has 0 bridgehead atoms. The average molecular weight is 723 g/mol. The van der Waals surface area contributed by atoms with Crippen LogP contribution in [-0.4, -0.2) is 92.6 Å². The van der Waals surface area contributed by atoms with Crippen molar-refractivity contribution < 1.29 is 0 Å². The summed E-state index contributed by atoms with van der Waals surface area (Å²) in [6.07, 6.45) is 0. The molecule has 0 aliphatic heterocycles. The molecule has 0 aromatic heterocycles. The number of hydrogen-bond acceptors (Lipinski definition) is 6. The zero-order valence-electron chi connectivity index (χ0n) is 37.0. The summed E-state index contributed by atoms with van der Waals surface area (Å²) in [5, 5.41) is 6.14. The third-order valence-electron chi connectivity index (χ3n) is 12.4. The Morgan fingerprint density at radius 3 is 0.865 bits per heavy atom. The van der Waals surface area contributed by atoms with Crippen LogP contribution in [0.25, 0.3) is 0 Å². The van der Waals surface area contributed by atoms with E-state index in [0.29, 0.717) is 0 Å². The highest BCUT2D eigenvalue weighted by atomic mass is 28.3. The van der Waals surface area contributed by atoms with Gasteiger partial charge in [-0.1, -0.05) is 23.3 Å². The molecule has 7 heteroatoms. The van der Waals surface area contributed by atoms with E-state index in [1.807, 2.05) is 0 Å². The molecular weight excluding hydrogens is 653 g/mol. The Hall–Kier alpha value is -3.84. The van der Waals surface area contributed by atoms with Gasteiger partial charge in [-0.15, -0.1) is 0 Å². The van der Waals surface area contributed by atoms with Gasteiger partial charge in [0.2, 0.25) is 0 Å². The fraction of sp³-hybridized carbons (Fsp3) is 0.511. The number of aryl methyl sites for hydroxylation is 3. The van der Waals surface area contributed by atoms with Crippen LogP contribution in [0, 0.1) is 47.5 Å². The number of hydrogen-bond donors (Lipinski definition) is 0. The molecule has 0 N–H and O–H groups in total. The van der Waals surface area contributed by atoms with E-state index < -0.39 is 8.07 Å². The predicted molar refractivity (Wildman–Crippen MR) is 239 cm³/mol. The molecule has 4 rings (SSSR count). The highest BCUT2D eigenvalue weighted by Crippen LogP contribution is 2.48. The Balaban J connectivity index is 2.76. The molecule has 52 heavy (non-hydrogen) atoms. The highest BCUT2D eigenvalue weighted by Gasteiger charge is 2.55. The van der Waals surface area contributed by atoms with Gasteiger partial charge in [-0.3, -0.25) is 0 Å². The van der Waals surface area contributed by atoms with Crippen molar-refractivity contribution in [3.8, 4) is 0 Å². The van der Waals surface area contributed by atoms with Gasteiger partial charge in [0.1, 0.15) is 0 Å². The van der Waals surface area contributed by atoms with Gasteiger partial charge in [0.25, 0.3) is 0 Å². The van der Waals surface area contributed by atoms with Crippen LogP contribution in [0.15, 0.2) is 40.1 Å². The van der Waals surface area contributed by atoms with Crippen molar-refractivity contribution in [2.45, 2.75) is 69.2 Å². The third-order valence-corrected chi connectivity index (χ3v) is 18.1. The molecule has 1 atom stereocenters. The van der Waals surface area contributed by atoms with Crippen LogP contribution in [0.3, 0.4) is 0 Å². The molecule has 0 fully saturated rings. The largest absolute Gasteiger partial charge is 0.376 e. The smallest absolute Gasteiger partial charge is 0.184 e. The average Bonchev–Trinajstić information content (AvgIpc) is 3.23. The molecule has 1 aliphatic rings. The number of anilines is 6. The molecule has 1 aliphatic carbocycles. The van der Waals surface area contributed by atoms with E-state index in [2.05, 4.69) is 201 Å². The lowest BCUT2D eigenvalue weighted by atomic mass is 10.0. The lowest BCUT2D eigenvalue weighted by Gasteiger charge is -2.48. The SMILES string of the molecule is CC1=C(C)C(C)C([Si](c2c(C)c(C)cc(N(C)C)c2N(C)C)(c2c(C)c(C)cc(N(C)C)c2N(C)C)c2c(C)c(C)cc(N(C)C)c2N(C)C)=C1C. The van der Waals surface area contributed by atoms with Crippen LogP contribution < -0.4 is 45.0 Å². The molecule has 0 radical (unpaired) electrons. The normalized spacial score (nSPS) is 14.8. The highest BCUT2D eigenvalue weighted by molar-refractivity contribution is 7.19.